The maximum atomic E-state index is 11.7. The standard InChI is InChI=1S/C19H23N3O2/c23-19(21-24-15-17-6-2-1-3-7-17)20-14-16-8-10-18(11-9-16)22-12-4-5-13-22/h1-3,6-11H,4-5,12-15H2,(H2,20,21,23). The maximum Gasteiger partial charge on any atom is 0.338 e. The van der Waals surface area contributed by atoms with Crippen LogP contribution in [0.3, 0.4) is 0 Å². The molecule has 0 spiro atoms. The molecule has 5 nitrogen and oxygen atoms in total. The van der Waals surface area contributed by atoms with Gasteiger partial charge in [0, 0.05) is 25.3 Å². The van der Waals surface area contributed by atoms with Gasteiger partial charge in [-0.2, -0.15) is 0 Å². The van der Waals surface area contributed by atoms with Crippen molar-refractivity contribution >= 4 is 11.7 Å². The van der Waals surface area contributed by atoms with Crippen LogP contribution in [-0.2, 0) is 18.0 Å². The average Bonchev–Trinajstić information content (AvgIpc) is 3.16. The van der Waals surface area contributed by atoms with Crippen LogP contribution >= 0.6 is 0 Å². The molecule has 0 aromatic heterocycles. The molecule has 1 saturated heterocycles. The van der Waals surface area contributed by atoms with Gasteiger partial charge in [-0.05, 0) is 36.1 Å². The molecule has 0 atom stereocenters. The van der Waals surface area contributed by atoms with Crippen molar-refractivity contribution in [1.82, 2.24) is 10.8 Å². The highest BCUT2D eigenvalue weighted by Crippen LogP contribution is 2.20. The van der Waals surface area contributed by atoms with Gasteiger partial charge < -0.3 is 10.2 Å². The zero-order valence-electron chi connectivity index (χ0n) is 13.7. The Morgan fingerprint density at radius 2 is 1.67 bits per heavy atom. The van der Waals surface area contributed by atoms with Gasteiger partial charge in [-0.15, -0.1) is 0 Å². The molecule has 5 heteroatoms. The van der Waals surface area contributed by atoms with Gasteiger partial charge in [0.15, 0.2) is 0 Å². The van der Waals surface area contributed by atoms with Crippen LogP contribution in [0.2, 0.25) is 0 Å². The average molecular weight is 325 g/mol. The number of benzene rings is 2. The first kappa shape index (κ1) is 16.3. The van der Waals surface area contributed by atoms with Crippen LogP contribution < -0.4 is 15.7 Å². The lowest BCUT2D eigenvalue weighted by Gasteiger charge is -2.17. The minimum atomic E-state index is -0.338. The minimum absolute atomic E-state index is 0.338. The third-order valence-corrected chi connectivity index (χ3v) is 4.11. The zero-order chi connectivity index (χ0) is 16.6. The summed E-state index contributed by atoms with van der Waals surface area (Å²) in [5.41, 5.74) is 5.73. The molecule has 2 aromatic carbocycles. The molecule has 2 N–H and O–H groups in total. The van der Waals surface area contributed by atoms with Gasteiger partial charge in [-0.25, -0.2) is 10.3 Å². The Morgan fingerprint density at radius 1 is 0.958 bits per heavy atom. The fourth-order valence-corrected chi connectivity index (χ4v) is 2.78. The SMILES string of the molecule is O=C(NCc1ccc(N2CCCC2)cc1)NOCc1ccccc1. The number of anilines is 1. The van der Waals surface area contributed by atoms with Gasteiger partial charge >= 0.3 is 6.03 Å². The summed E-state index contributed by atoms with van der Waals surface area (Å²) in [5, 5.41) is 2.79. The monoisotopic (exact) mass is 325 g/mol. The molecule has 0 radical (unpaired) electrons. The Hall–Kier alpha value is -2.53. The van der Waals surface area contributed by atoms with E-state index in [0.29, 0.717) is 13.2 Å². The molecule has 2 amide bonds. The molecule has 1 aliphatic heterocycles. The summed E-state index contributed by atoms with van der Waals surface area (Å²) in [6, 6.07) is 17.7. The van der Waals surface area contributed by atoms with Crippen molar-refractivity contribution in [2.24, 2.45) is 0 Å². The number of hydrogen-bond donors (Lipinski definition) is 2. The quantitative estimate of drug-likeness (QED) is 0.802. The van der Waals surface area contributed by atoms with E-state index in [1.165, 1.54) is 18.5 Å². The number of carbonyl (C=O) groups excluding carboxylic acids is 1. The topological polar surface area (TPSA) is 53.6 Å². The van der Waals surface area contributed by atoms with Crippen LogP contribution in [0.5, 0.6) is 0 Å². The van der Waals surface area contributed by atoms with Crippen LogP contribution in [-0.4, -0.2) is 19.1 Å². The summed E-state index contributed by atoms with van der Waals surface area (Å²) < 4.78 is 0. The van der Waals surface area contributed by atoms with Gasteiger partial charge in [0.2, 0.25) is 0 Å². The van der Waals surface area contributed by atoms with Gasteiger partial charge in [0.05, 0.1) is 6.61 Å². The minimum Gasteiger partial charge on any atom is -0.372 e. The van der Waals surface area contributed by atoms with E-state index in [9.17, 15) is 4.79 Å². The third kappa shape index (κ3) is 4.73. The largest absolute Gasteiger partial charge is 0.372 e. The van der Waals surface area contributed by atoms with E-state index in [-0.39, 0.29) is 6.03 Å². The predicted molar refractivity (Wildman–Crippen MR) is 94.5 cm³/mol. The highest BCUT2D eigenvalue weighted by atomic mass is 16.7. The lowest BCUT2D eigenvalue weighted by atomic mass is 10.2. The van der Waals surface area contributed by atoms with E-state index in [4.69, 9.17) is 4.84 Å². The van der Waals surface area contributed by atoms with Crippen molar-refractivity contribution in [3.63, 3.8) is 0 Å². The van der Waals surface area contributed by atoms with Crippen LogP contribution in [0.4, 0.5) is 10.5 Å². The van der Waals surface area contributed by atoms with Crippen molar-refractivity contribution in [1.29, 1.82) is 0 Å². The van der Waals surface area contributed by atoms with E-state index in [2.05, 4.69) is 40.0 Å². The van der Waals surface area contributed by atoms with E-state index >= 15 is 0 Å². The first-order chi connectivity index (χ1) is 11.8. The molecule has 1 aliphatic rings. The fraction of sp³-hybridized carbons (Fsp3) is 0.316. The lowest BCUT2D eigenvalue weighted by Crippen LogP contribution is -2.34. The number of carbonyl (C=O) groups is 1. The maximum absolute atomic E-state index is 11.7. The Labute approximate surface area is 142 Å². The Kier molecular flexibility index (Phi) is 5.69. The van der Waals surface area contributed by atoms with Crippen LogP contribution in [0.15, 0.2) is 54.6 Å². The number of hydrogen-bond acceptors (Lipinski definition) is 3. The molecule has 24 heavy (non-hydrogen) atoms. The third-order valence-electron chi connectivity index (χ3n) is 4.11. The van der Waals surface area contributed by atoms with Crippen LogP contribution in [0.1, 0.15) is 24.0 Å². The van der Waals surface area contributed by atoms with Crippen molar-refractivity contribution in [3.05, 3.63) is 65.7 Å². The van der Waals surface area contributed by atoms with E-state index in [0.717, 1.165) is 24.2 Å². The fourth-order valence-electron chi connectivity index (χ4n) is 2.78. The Bertz CT molecular complexity index is 637. The number of nitrogens with one attached hydrogen (secondary N) is 2. The van der Waals surface area contributed by atoms with Gasteiger partial charge in [0.25, 0.3) is 0 Å². The molecule has 0 bridgehead atoms. The smallest absolute Gasteiger partial charge is 0.338 e. The molecule has 0 unspecified atom stereocenters. The van der Waals surface area contributed by atoms with Crippen LogP contribution in [0.25, 0.3) is 0 Å². The number of amides is 2. The Balaban J connectivity index is 1.38. The molecule has 0 aliphatic carbocycles. The number of hydroxylamine groups is 1. The van der Waals surface area contributed by atoms with Crippen molar-refractivity contribution in [2.75, 3.05) is 18.0 Å². The molecular formula is C19H23N3O2. The lowest BCUT2D eigenvalue weighted by molar-refractivity contribution is 0.0490. The highest BCUT2D eigenvalue weighted by Gasteiger charge is 2.11. The van der Waals surface area contributed by atoms with Gasteiger partial charge in [0.1, 0.15) is 0 Å². The van der Waals surface area contributed by atoms with E-state index < -0.39 is 0 Å². The van der Waals surface area contributed by atoms with E-state index in [1.807, 2.05) is 30.3 Å². The second kappa shape index (κ2) is 8.36. The predicted octanol–water partition coefficient (Wildman–Crippen LogP) is 3.22. The summed E-state index contributed by atoms with van der Waals surface area (Å²) in [4.78, 5) is 19.3. The number of urea groups is 1. The second-order valence-corrected chi connectivity index (χ2v) is 5.92. The summed E-state index contributed by atoms with van der Waals surface area (Å²) in [5.74, 6) is 0. The first-order valence-electron chi connectivity index (χ1n) is 8.35. The van der Waals surface area contributed by atoms with E-state index in [1.54, 1.807) is 0 Å². The summed E-state index contributed by atoms with van der Waals surface area (Å²) >= 11 is 0. The van der Waals surface area contributed by atoms with Gasteiger partial charge in [-0.1, -0.05) is 42.5 Å². The van der Waals surface area contributed by atoms with Crippen molar-refractivity contribution in [3.8, 4) is 0 Å². The second-order valence-electron chi connectivity index (χ2n) is 5.92. The van der Waals surface area contributed by atoms with Gasteiger partial charge in [-0.3, -0.25) is 4.84 Å². The van der Waals surface area contributed by atoms with Crippen molar-refractivity contribution < 1.29 is 9.63 Å². The molecule has 1 fully saturated rings. The summed E-state index contributed by atoms with van der Waals surface area (Å²) in [6.45, 7) is 3.09. The normalized spacial score (nSPS) is 13.8. The molecule has 3 rings (SSSR count). The summed E-state index contributed by atoms with van der Waals surface area (Å²) in [6.07, 6.45) is 2.54. The highest BCUT2D eigenvalue weighted by molar-refractivity contribution is 5.72. The molecule has 2 aromatic rings. The van der Waals surface area contributed by atoms with Crippen molar-refractivity contribution in [2.45, 2.75) is 26.0 Å². The zero-order valence-corrected chi connectivity index (χ0v) is 13.7. The Morgan fingerprint density at radius 3 is 2.38 bits per heavy atom. The number of nitrogens with zero attached hydrogens (tertiary/aromatic N) is 1. The summed E-state index contributed by atoms with van der Waals surface area (Å²) in [7, 11) is 0. The molecule has 0 saturated carbocycles. The molecule has 126 valence electrons. The number of rotatable bonds is 6. The first-order valence-corrected chi connectivity index (χ1v) is 8.35. The molecular weight excluding hydrogens is 302 g/mol. The molecule has 1 heterocycles. The van der Waals surface area contributed by atoms with Crippen LogP contribution in [0, 0.1) is 0 Å².